The monoisotopic (exact) mass is 419 g/mol. The number of benzene rings is 2. The van der Waals surface area contributed by atoms with Gasteiger partial charge in [-0.1, -0.05) is 12.1 Å². The summed E-state index contributed by atoms with van der Waals surface area (Å²) in [5, 5.41) is 14.6. The van der Waals surface area contributed by atoms with E-state index < -0.39 is 0 Å². The Morgan fingerprint density at radius 2 is 1.91 bits per heavy atom. The molecule has 0 saturated heterocycles. The maximum Gasteiger partial charge on any atom is 0.127 e. The lowest BCUT2D eigenvalue weighted by molar-refractivity contribution is 0.468. The first-order chi connectivity index (χ1) is 10.7. The molecule has 0 amide bonds. The van der Waals surface area contributed by atoms with Crippen LogP contribution in [0.1, 0.15) is 16.7 Å². The van der Waals surface area contributed by atoms with Crippen molar-refractivity contribution in [3.8, 4) is 5.75 Å². The Morgan fingerprint density at radius 3 is 2.64 bits per heavy atom. The molecule has 0 unspecified atom stereocenters. The smallest absolute Gasteiger partial charge is 0.127 e. The van der Waals surface area contributed by atoms with Crippen LogP contribution in [-0.4, -0.2) is 11.3 Å². The molecule has 0 aliphatic rings. The molecule has 2 nitrogen and oxygen atoms in total. The van der Waals surface area contributed by atoms with Crippen molar-refractivity contribution in [3.63, 3.8) is 0 Å². The Labute approximate surface area is 147 Å². The Kier molecular flexibility index (Phi) is 4.90. The maximum atomic E-state index is 10.4. The Bertz CT molecular complexity index is 779. The molecule has 0 aliphatic heterocycles. The van der Waals surface area contributed by atoms with E-state index in [1.165, 1.54) is 9.13 Å². The summed E-state index contributed by atoms with van der Waals surface area (Å²) >= 11 is 3.93. The number of aliphatic imine (C=N–C) groups is 1. The van der Waals surface area contributed by atoms with Gasteiger partial charge in [-0.25, -0.2) is 0 Å². The average Bonchev–Trinajstić information content (AvgIpc) is 3.03. The minimum Gasteiger partial charge on any atom is -0.507 e. The first-order valence-electron chi connectivity index (χ1n) is 6.84. The summed E-state index contributed by atoms with van der Waals surface area (Å²) in [4.78, 5) is 4.43. The summed E-state index contributed by atoms with van der Waals surface area (Å²) in [7, 11) is 0. The number of thiophene rings is 1. The van der Waals surface area contributed by atoms with Gasteiger partial charge in [0, 0.05) is 21.8 Å². The summed E-state index contributed by atoms with van der Waals surface area (Å²) in [6.45, 7) is 0. The molecule has 4 heteroatoms. The SMILES string of the molecule is Oc1c(/C=N\c2ccc(I)cc2)cccc1Cc1ccsc1. The van der Waals surface area contributed by atoms with Crippen molar-refractivity contribution >= 4 is 45.8 Å². The summed E-state index contributed by atoms with van der Waals surface area (Å²) in [6.07, 6.45) is 2.45. The molecule has 2 aromatic carbocycles. The lowest BCUT2D eigenvalue weighted by atomic mass is 10.0. The third-order valence-corrected chi connectivity index (χ3v) is 4.76. The van der Waals surface area contributed by atoms with Crippen molar-refractivity contribution < 1.29 is 5.11 Å². The Balaban J connectivity index is 1.83. The van der Waals surface area contributed by atoms with Crippen molar-refractivity contribution in [2.75, 3.05) is 0 Å². The highest BCUT2D eigenvalue weighted by Gasteiger charge is 2.06. The lowest BCUT2D eigenvalue weighted by Gasteiger charge is -2.06. The molecule has 1 N–H and O–H groups in total. The predicted molar refractivity (Wildman–Crippen MR) is 102 cm³/mol. The fraction of sp³-hybridized carbons (Fsp3) is 0.0556. The van der Waals surface area contributed by atoms with Crippen LogP contribution in [-0.2, 0) is 6.42 Å². The van der Waals surface area contributed by atoms with Crippen LogP contribution in [0, 0.1) is 3.57 Å². The van der Waals surface area contributed by atoms with Gasteiger partial charge in [-0.3, -0.25) is 4.99 Å². The number of rotatable bonds is 4. The quantitative estimate of drug-likeness (QED) is 0.446. The minimum absolute atomic E-state index is 0.308. The van der Waals surface area contributed by atoms with E-state index in [-0.39, 0.29) is 0 Å². The Hall–Kier alpha value is -1.66. The van der Waals surface area contributed by atoms with Crippen molar-refractivity contribution in [1.29, 1.82) is 0 Å². The standard InChI is InChI=1S/C18H14INOS/c19-16-4-6-17(7-5-16)20-11-15-3-1-2-14(18(15)21)10-13-8-9-22-12-13/h1-9,11-12,21H,10H2/b20-11-. The molecule has 0 saturated carbocycles. The lowest BCUT2D eigenvalue weighted by Crippen LogP contribution is -1.91. The number of hydrogen-bond donors (Lipinski definition) is 1. The summed E-state index contributed by atoms with van der Waals surface area (Å²) in [5.74, 6) is 0.308. The zero-order valence-electron chi connectivity index (χ0n) is 11.7. The second-order valence-corrected chi connectivity index (χ2v) is 6.92. The zero-order chi connectivity index (χ0) is 15.4. The first-order valence-corrected chi connectivity index (χ1v) is 8.86. The maximum absolute atomic E-state index is 10.4. The van der Waals surface area contributed by atoms with E-state index in [2.05, 4.69) is 44.4 Å². The average molecular weight is 419 g/mol. The van der Waals surface area contributed by atoms with Gasteiger partial charge in [0.1, 0.15) is 5.75 Å². The van der Waals surface area contributed by atoms with Crippen molar-refractivity contribution in [2.24, 2.45) is 4.99 Å². The van der Waals surface area contributed by atoms with Gasteiger partial charge in [0.2, 0.25) is 0 Å². The van der Waals surface area contributed by atoms with Crippen LogP contribution in [0.25, 0.3) is 0 Å². The van der Waals surface area contributed by atoms with E-state index in [4.69, 9.17) is 0 Å². The highest BCUT2D eigenvalue weighted by Crippen LogP contribution is 2.25. The molecule has 3 aromatic rings. The molecule has 0 radical (unpaired) electrons. The number of phenols is 1. The molecule has 0 atom stereocenters. The molecule has 110 valence electrons. The molecule has 1 aromatic heterocycles. The fourth-order valence-electron chi connectivity index (χ4n) is 2.14. The van der Waals surface area contributed by atoms with Crippen LogP contribution in [0.5, 0.6) is 5.75 Å². The van der Waals surface area contributed by atoms with E-state index in [9.17, 15) is 5.11 Å². The molecular formula is C18H14INOS. The topological polar surface area (TPSA) is 32.6 Å². The van der Waals surface area contributed by atoms with Crippen molar-refractivity contribution in [1.82, 2.24) is 0 Å². The molecule has 0 bridgehead atoms. The van der Waals surface area contributed by atoms with Gasteiger partial charge < -0.3 is 5.11 Å². The highest BCUT2D eigenvalue weighted by molar-refractivity contribution is 14.1. The highest BCUT2D eigenvalue weighted by atomic mass is 127. The first kappa shape index (κ1) is 15.2. The third-order valence-electron chi connectivity index (χ3n) is 3.30. The molecule has 1 heterocycles. The molecule has 22 heavy (non-hydrogen) atoms. The van der Waals surface area contributed by atoms with Gasteiger partial charge in [-0.05, 0) is 80.9 Å². The van der Waals surface area contributed by atoms with Crippen LogP contribution >= 0.6 is 33.9 Å². The number of phenolic OH excluding ortho intramolecular Hbond substituents is 1. The fourth-order valence-corrected chi connectivity index (χ4v) is 3.17. The molecule has 0 spiro atoms. The van der Waals surface area contributed by atoms with Gasteiger partial charge in [0.25, 0.3) is 0 Å². The Morgan fingerprint density at radius 1 is 1.09 bits per heavy atom. The molecule has 0 aliphatic carbocycles. The minimum atomic E-state index is 0.308. The third kappa shape index (κ3) is 3.75. The predicted octanol–water partition coefficient (Wildman–Crippen LogP) is 5.40. The van der Waals surface area contributed by atoms with Gasteiger partial charge in [-0.2, -0.15) is 11.3 Å². The van der Waals surface area contributed by atoms with E-state index in [0.29, 0.717) is 5.75 Å². The van der Waals surface area contributed by atoms with Crippen molar-refractivity contribution in [2.45, 2.75) is 6.42 Å². The summed E-state index contributed by atoms with van der Waals surface area (Å²) in [5.41, 5.74) is 3.76. The number of nitrogens with zero attached hydrogens (tertiary/aromatic N) is 1. The largest absolute Gasteiger partial charge is 0.507 e. The van der Waals surface area contributed by atoms with Gasteiger partial charge in [0.15, 0.2) is 0 Å². The second kappa shape index (κ2) is 7.07. The molecule has 3 rings (SSSR count). The van der Waals surface area contributed by atoms with Gasteiger partial charge in [-0.15, -0.1) is 0 Å². The van der Waals surface area contributed by atoms with E-state index >= 15 is 0 Å². The number of halogens is 1. The van der Waals surface area contributed by atoms with Crippen LogP contribution in [0.15, 0.2) is 64.3 Å². The van der Waals surface area contributed by atoms with Crippen LogP contribution in [0.3, 0.4) is 0 Å². The second-order valence-electron chi connectivity index (χ2n) is 4.90. The van der Waals surface area contributed by atoms with E-state index in [1.807, 2.05) is 42.5 Å². The number of aromatic hydroxyl groups is 1. The zero-order valence-corrected chi connectivity index (χ0v) is 14.7. The van der Waals surface area contributed by atoms with Crippen LogP contribution in [0.4, 0.5) is 5.69 Å². The molecular weight excluding hydrogens is 405 g/mol. The van der Waals surface area contributed by atoms with Gasteiger partial charge in [0.05, 0.1) is 5.69 Å². The van der Waals surface area contributed by atoms with E-state index in [1.54, 1.807) is 17.6 Å². The van der Waals surface area contributed by atoms with E-state index in [0.717, 1.165) is 23.2 Å². The van der Waals surface area contributed by atoms with Crippen molar-refractivity contribution in [3.05, 3.63) is 79.6 Å². The molecule has 0 fully saturated rings. The van der Waals surface area contributed by atoms with Crippen LogP contribution < -0.4 is 0 Å². The van der Waals surface area contributed by atoms with Gasteiger partial charge >= 0.3 is 0 Å². The number of hydrogen-bond acceptors (Lipinski definition) is 3. The summed E-state index contributed by atoms with van der Waals surface area (Å²) in [6, 6.07) is 15.8. The number of para-hydroxylation sites is 1. The normalized spacial score (nSPS) is 11.1. The summed E-state index contributed by atoms with van der Waals surface area (Å²) < 4.78 is 1.18. The van der Waals surface area contributed by atoms with Crippen LogP contribution in [0.2, 0.25) is 0 Å².